The highest BCUT2D eigenvalue weighted by Gasteiger charge is 2.39. The fourth-order valence-electron chi connectivity index (χ4n) is 3.44. The van der Waals surface area contributed by atoms with Crippen LogP contribution in [0.1, 0.15) is 41.1 Å². The number of fused-ring (bicyclic) bond motifs is 1. The summed E-state index contributed by atoms with van der Waals surface area (Å²) in [6, 6.07) is 13.8. The molecule has 25 heavy (non-hydrogen) atoms. The summed E-state index contributed by atoms with van der Waals surface area (Å²) >= 11 is 0. The number of carbonyl (C=O) groups is 1. The lowest BCUT2D eigenvalue weighted by Crippen LogP contribution is -2.27. The van der Waals surface area contributed by atoms with Gasteiger partial charge in [0, 0.05) is 11.6 Å². The van der Waals surface area contributed by atoms with Gasteiger partial charge in [-0.2, -0.15) is 5.48 Å². The molecule has 4 rings (SSSR count). The number of carbonyl (C=O) groups excluding carboxylic acids is 1. The highest BCUT2D eigenvalue weighted by molar-refractivity contribution is 7.91. The number of sulfone groups is 1. The molecule has 0 saturated heterocycles. The van der Waals surface area contributed by atoms with E-state index in [1.165, 1.54) is 18.9 Å². The van der Waals surface area contributed by atoms with E-state index in [2.05, 4.69) is 5.48 Å². The molecule has 5 nitrogen and oxygen atoms in total. The van der Waals surface area contributed by atoms with Crippen molar-refractivity contribution in [3.05, 3.63) is 59.7 Å². The maximum absolute atomic E-state index is 12.4. The Bertz CT molecular complexity index is 904. The van der Waals surface area contributed by atoms with Crippen LogP contribution < -0.4 is 10.3 Å². The van der Waals surface area contributed by atoms with E-state index in [1.807, 2.05) is 12.1 Å². The fraction of sp³-hybridized carbons (Fsp3) is 0.316. The maximum atomic E-state index is 12.4. The van der Waals surface area contributed by atoms with Crippen molar-refractivity contribution in [2.24, 2.45) is 5.92 Å². The Kier molecular flexibility index (Phi) is 4.00. The van der Waals surface area contributed by atoms with Gasteiger partial charge in [-0.15, -0.1) is 0 Å². The van der Waals surface area contributed by atoms with Gasteiger partial charge in [-0.05, 0) is 54.9 Å². The third-order valence-corrected chi connectivity index (χ3v) is 6.70. The van der Waals surface area contributed by atoms with Crippen molar-refractivity contribution in [1.29, 1.82) is 0 Å². The molecule has 0 aromatic heterocycles. The molecule has 1 saturated carbocycles. The molecule has 1 fully saturated rings. The monoisotopic (exact) mass is 357 g/mol. The first-order valence-electron chi connectivity index (χ1n) is 8.43. The minimum absolute atomic E-state index is 0.182. The first-order chi connectivity index (χ1) is 12.0. The largest absolute Gasteiger partial charge is 0.379 e. The Hall–Kier alpha value is -2.34. The summed E-state index contributed by atoms with van der Waals surface area (Å²) < 4.78 is 24.9. The summed E-state index contributed by atoms with van der Waals surface area (Å²) in [5.41, 5.74) is 3.73. The molecule has 130 valence electrons. The van der Waals surface area contributed by atoms with Gasteiger partial charge >= 0.3 is 0 Å². The third-order valence-electron chi connectivity index (χ3n) is 4.91. The zero-order valence-electron chi connectivity index (χ0n) is 13.6. The second kappa shape index (κ2) is 6.19. The number of nitrogens with one attached hydrogen (secondary N) is 1. The summed E-state index contributed by atoms with van der Waals surface area (Å²) in [6.07, 6.45) is 3.05. The number of hydrogen-bond donors (Lipinski definition) is 1. The Morgan fingerprint density at radius 3 is 2.52 bits per heavy atom. The zero-order chi connectivity index (χ0) is 17.4. The Balaban J connectivity index is 1.55. The summed E-state index contributed by atoms with van der Waals surface area (Å²) in [7, 11) is -3.29. The van der Waals surface area contributed by atoms with Crippen LogP contribution in [-0.4, -0.2) is 20.1 Å². The van der Waals surface area contributed by atoms with Gasteiger partial charge in [0.25, 0.3) is 5.91 Å². The van der Waals surface area contributed by atoms with Gasteiger partial charge in [0.05, 0.1) is 10.6 Å². The van der Waals surface area contributed by atoms with Crippen molar-refractivity contribution in [1.82, 2.24) is 5.48 Å². The topological polar surface area (TPSA) is 72.5 Å². The molecule has 2 aromatic rings. The average molecular weight is 357 g/mol. The zero-order valence-corrected chi connectivity index (χ0v) is 14.5. The Morgan fingerprint density at radius 1 is 1.04 bits per heavy atom. The minimum Gasteiger partial charge on any atom is -0.379 e. The lowest BCUT2D eigenvalue weighted by Gasteiger charge is -2.25. The van der Waals surface area contributed by atoms with E-state index in [9.17, 15) is 13.2 Å². The molecule has 1 aliphatic heterocycles. The van der Waals surface area contributed by atoms with Crippen LogP contribution in [0.15, 0.2) is 53.4 Å². The fourth-order valence-corrected chi connectivity index (χ4v) is 5.10. The molecule has 0 bridgehead atoms. The summed E-state index contributed by atoms with van der Waals surface area (Å²) in [5.74, 6) is 1.06. The normalized spacial score (nSPS) is 21.2. The molecule has 2 aromatic carbocycles. The number of hydroxylamine groups is 1. The molecule has 6 heteroatoms. The average Bonchev–Trinajstić information content (AvgIpc) is 3.46. The van der Waals surface area contributed by atoms with Gasteiger partial charge in [-0.1, -0.05) is 24.3 Å². The van der Waals surface area contributed by atoms with E-state index in [0.717, 1.165) is 5.56 Å². The van der Waals surface area contributed by atoms with Gasteiger partial charge < -0.3 is 4.84 Å². The number of amides is 1. The predicted molar refractivity (Wildman–Crippen MR) is 93.1 cm³/mol. The van der Waals surface area contributed by atoms with E-state index in [4.69, 9.17) is 4.84 Å². The van der Waals surface area contributed by atoms with E-state index in [-0.39, 0.29) is 11.7 Å². The van der Waals surface area contributed by atoms with Crippen LogP contribution in [0.2, 0.25) is 0 Å². The Labute approximate surface area is 146 Å². The lowest BCUT2D eigenvalue weighted by molar-refractivity contribution is 0.0759. The maximum Gasteiger partial charge on any atom is 0.283 e. The molecule has 1 amide bonds. The summed E-state index contributed by atoms with van der Waals surface area (Å²) in [6.45, 7) is 0. The highest BCUT2D eigenvalue weighted by atomic mass is 32.2. The molecule has 1 unspecified atom stereocenters. The minimum atomic E-state index is -3.29. The quantitative estimate of drug-likeness (QED) is 0.854. The molecular formula is C19H19NO4S. The second-order valence-electron chi connectivity index (χ2n) is 6.65. The van der Waals surface area contributed by atoms with Crippen LogP contribution in [0.25, 0.3) is 0 Å². The number of hydrogen-bond acceptors (Lipinski definition) is 4. The van der Waals surface area contributed by atoms with Gasteiger partial charge in [-0.25, -0.2) is 8.42 Å². The molecule has 1 atom stereocenters. The van der Waals surface area contributed by atoms with Gasteiger partial charge in [0.2, 0.25) is 0 Å². The van der Waals surface area contributed by atoms with E-state index in [0.29, 0.717) is 34.5 Å². The molecule has 2 aliphatic rings. The molecular weight excluding hydrogens is 338 g/mol. The molecule has 0 spiro atoms. The van der Waals surface area contributed by atoms with Gasteiger partial charge in [0.1, 0.15) is 0 Å². The van der Waals surface area contributed by atoms with Crippen LogP contribution in [0, 0.1) is 5.92 Å². The van der Waals surface area contributed by atoms with Crippen molar-refractivity contribution in [3.63, 3.8) is 0 Å². The smallest absolute Gasteiger partial charge is 0.283 e. The first-order valence-corrected chi connectivity index (χ1v) is 10.1. The van der Waals surface area contributed by atoms with E-state index < -0.39 is 9.84 Å². The SMILES string of the molecule is O=C(NOc1ccc2c(c1)S(=O)(=O)CCC2C1CC1)c1ccccc1. The summed E-state index contributed by atoms with van der Waals surface area (Å²) in [4.78, 5) is 17.7. The van der Waals surface area contributed by atoms with Crippen molar-refractivity contribution in [3.8, 4) is 5.75 Å². The van der Waals surface area contributed by atoms with Crippen molar-refractivity contribution in [2.75, 3.05) is 5.75 Å². The number of rotatable bonds is 4. The highest BCUT2D eigenvalue weighted by Crippen LogP contribution is 2.49. The van der Waals surface area contributed by atoms with Crippen LogP contribution in [0.4, 0.5) is 0 Å². The predicted octanol–water partition coefficient (Wildman–Crippen LogP) is 3.08. The first kappa shape index (κ1) is 16.1. The van der Waals surface area contributed by atoms with Crippen molar-refractivity contribution >= 4 is 15.7 Å². The van der Waals surface area contributed by atoms with Crippen LogP contribution >= 0.6 is 0 Å². The second-order valence-corrected chi connectivity index (χ2v) is 8.73. The molecule has 1 heterocycles. The van der Waals surface area contributed by atoms with Crippen molar-refractivity contribution in [2.45, 2.75) is 30.1 Å². The summed E-state index contributed by atoms with van der Waals surface area (Å²) in [5, 5.41) is 0. The van der Waals surface area contributed by atoms with Gasteiger partial charge in [-0.3, -0.25) is 4.79 Å². The number of benzene rings is 2. The lowest BCUT2D eigenvalue weighted by atomic mass is 9.91. The molecule has 1 aliphatic carbocycles. The van der Waals surface area contributed by atoms with Gasteiger partial charge in [0.15, 0.2) is 15.6 Å². The Morgan fingerprint density at radius 2 is 1.80 bits per heavy atom. The standard InChI is InChI=1S/C19H19NO4S/c21-19(14-4-2-1-3-5-14)20-24-15-8-9-17-16(13-6-7-13)10-11-25(22,23)18(17)12-15/h1-5,8-9,12-13,16H,6-7,10-11H2,(H,20,21). The molecule has 0 radical (unpaired) electrons. The van der Waals surface area contributed by atoms with E-state index >= 15 is 0 Å². The van der Waals surface area contributed by atoms with Crippen molar-refractivity contribution < 1.29 is 18.0 Å². The van der Waals surface area contributed by atoms with Crippen LogP contribution in [-0.2, 0) is 9.84 Å². The van der Waals surface area contributed by atoms with E-state index in [1.54, 1.807) is 30.3 Å². The third kappa shape index (κ3) is 3.26. The van der Waals surface area contributed by atoms with Crippen LogP contribution in [0.3, 0.4) is 0 Å². The van der Waals surface area contributed by atoms with Crippen LogP contribution in [0.5, 0.6) is 5.75 Å². The molecule has 1 N–H and O–H groups in total.